The number of nitrogens with zero attached hydrogens (tertiary/aromatic N) is 3. The molecule has 0 spiro atoms. The van der Waals surface area contributed by atoms with Gasteiger partial charge in [-0.1, -0.05) is 11.6 Å². The highest BCUT2D eigenvalue weighted by Gasteiger charge is 2.24. The van der Waals surface area contributed by atoms with Crippen molar-refractivity contribution >= 4 is 11.6 Å². The molecule has 1 heterocycles. The van der Waals surface area contributed by atoms with E-state index in [1.165, 1.54) is 6.07 Å². The van der Waals surface area contributed by atoms with E-state index in [0.29, 0.717) is 16.7 Å². The van der Waals surface area contributed by atoms with E-state index in [1.54, 1.807) is 0 Å². The molecular weight excluding hydrogens is 342 g/mol. The van der Waals surface area contributed by atoms with Gasteiger partial charge in [0.2, 0.25) is 0 Å². The minimum atomic E-state index is -3.22. The largest absolute Gasteiger partial charge is 0.335 e. The van der Waals surface area contributed by atoms with Gasteiger partial charge in [-0.15, -0.1) is 0 Å². The lowest BCUT2D eigenvalue weighted by Gasteiger charge is -2.14. The number of hydrogen-bond acceptors (Lipinski definition) is 3. The Morgan fingerprint density at radius 3 is 2.35 bits per heavy atom. The van der Waals surface area contributed by atoms with Crippen LogP contribution < -0.4 is 11.2 Å². The zero-order valence-corrected chi connectivity index (χ0v) is 12.0. The lowest BCUT2D eigenvalue weighted by molar-refractivity contribution is 0.140. The molecule has 0 radical (unpaired) electrons. The molecule has 0 saturated carbocycles. The van der Waals surface area contributed by atoms with Crippen LogP contribution in [-0.4, -0.2) is 9.13 Å². The average Bonchev–Trinajstić information content (AvgIpc) is 2.48. The smallest absolute Gasteiger partial charge is 0.293 e. The third kappa shape index (κ3) is 2.61. The second-order valence-corrected chi connectivity index (χ2v) is 4.76. The van der Waals surface area contributed by atoms with Crippen LogP contribution in [0.2, 0.25) is 5.02 Å². The molecule has 0 amide bonds. The molecule has 1 aromatic carbocycles. The topological polar surface area (TPSA) is 67.8 Å². The number of nitriles is 1. The normalized spacial score (nSPS) is 10.9. The van der Waals surface area contributed by atoms with Gasteiger partial charge in [-0.2, -0.15) is 5.26 Å². The first-order chi connectivity index (χ1) is 10.7. The Morgan fingerprint density at radius 1 is 1.22 bits per heavy atom. The SMILES string of the molecule is Cn1c(C(F)F)c(Cl)c(=O)n(-c2cc(F)c(C#N)cc2F)c1=O. The van der Waals surface area contributed by atoms with Crippen LogP contribution in [0.4, 0.5) is 17.6 Å². The van der Waals surface area contributed by atoms with Crippen LogP contribution in [0.3, 0.4) is 0 Å². The number of rotatable bonds is 2. The van der Waals surface area contributed by atoms with Gasteiger partial charge in [-0.3, -0.25) is 9.36 Å². The van der Waals surface area contributed by atoms with Crippen molar-refractivity contribution in [1.82, 2.24) is 9.13 Å². The average molecular weight is 348 g/mol. The molecule has 0 aliphatic heterocycles. The van der Waals surface area contributed by atoms with E-state index in [0.717, 1.165) is 7.05 Å². The zero-order valence-electron chi connectivity index (χ0n) is 11.3. The lowest BCUT2D eigenvalue weighted by atomic mass is 10.2. The van der Waals surface area contributed by atoms with E-state index in [9.17, 15) is 27.2 Å². The molecule has 0 atom stereocenters. The van der Waals surface area contributed by atoms with Crippen LogP contribution in [-0.2, 0) is 7.05 Å². The summed E-state index contributed by atoms with van der Waals surface area (Å²) in [6.07, 6.45) is -3.22. The summed E-state index contributed by atoms with van der Waals surface area (Å²) in [6.45, 7) is 0. The van der Waals surface area contributed by atoms with Gasteiger partial charge in [0.15, 0.2) is 0 Å². The summed E-state index contributed by atoms with van der Waals surface area (Å²) in [7, 11) is 0.906. The Kier molecular flexibility index (Phi) is 4.29. The molecule has 0 saturated heterocycles. The number of aromatic nitrogens is 2. The van der Waals surface area contributed by atoms with Gasteiger partial charge in [0, 0.05) is 13.1 Å². The number of hydrogen-bond donors (Lipinski definition) is 0. The fourth-order valence-corrected chi connectivity index (χ4v) is 2.24. The third-order valence-corrected chi connectivity index (χ3v) is 3.42. The maximum atomic E-state index is 14.0. The molecule has 0 bridgehead atoms. The molecule has 2 rings (SSSR count). The van der Waals surface area contributed by atoms with Crippen LogP contribution in [0.5, 0.6) is 0 Å². The van der Waals surface area contributed by atoms with Crippen LogP contribution in [0, 0.1) is 23.0 Å². The molecule has 0 N–H and O–H groups in total. The quantitative estimate of drug-likeness (QED) is 0.783. The van der Waals surface area contributed by atoms with E-state index in [1.807, 2.05) is 0 Å². The van der Waals surface area contributed by atoms with Crippen LogP contribution >= 0.6 is 11.6 Å². The van der Waals surface area contributed by atoms with Crippen LogP contribution in [0.25, 0.3) is 5.69 Å². The highest BCUT2D eigenvalue weighted by molar-refractivity contribution is 6.31. The van der Waals surface area contributed by atoms with Crippen molar-refractivity contribution in [2.75, 3.05) is 0 Å². The van der Waals surface area contributed by atoms with Crippen molar-refractivity contribution in [3.63, 3.8) is 0 Å². The van der Waals surface area contributed by atoms with Crippen molar-refractivity contribution in [3.8, 4) is 11.8 Å². The Hall–Kier alpha value is -2.60. The number of alkyl halides is 2. The van der Waals surface area contributed by atoms with Crippen LogP contribution in [0.1, 0.15) is 17.7 Å². The van der Waals surface area contributed by atoms with Gasteiger partial charge < -0.3 is 0 Å². The molecule has 10 heteroatoms. The van der Waals surface area contributed by atoms with Crippen molar-refractivity contribution in [3.05, 3.63) is 60.9 Å². The Bertz CT molecular complexity index is 922. The summed E-state index contributed by atoms with van der Waals surface area (Å²) in [4.78, 5) is 24.1. The molecule has 1 aromatic heterocycles. The first-order valence-corrected chi connectivity index (χ1v) is 6.27. The second-order valence-electron chi connectivity index (χ2n) is 4.38. The maximum absolute atomic E-state index is 14.0. The standard InChI is InChI=1S/C13H6ClF4N3O2/c1-20-10(11(17)18)9(14)12(22)21(13(20)23)8-3-6(15)5(4-19)2-7(8)16/h2-3,11H,1H3. The summed E-state index contributed by atoms with van der Waals surface area (Å²) in [5, 5.41) is 7.61. The number of benzene rings is 1. The van der Waals surface area contributed by atoms with Gasteiger partial charge in [-0.25, -0.2) is 26.9 Å². The molecule has 0 aliphatic carbocycles. The first-order valence-electron chi connectivity index (χ1n) is 5.89. The summed E-state index contributed by atoms with van der Waals surface area (Å²) < 4.78 is 53.8. The maximum Gasteiger partial charge on any atom is 0.335 e. The third-order valence-electron chi connectivity index (χ3n) is 3.06. The first kappa shape index (κ1) is 16.8. The summed E-state index contributed by atoms with van der Waals surface area (Å²) >= 11 is 5.53. The monoisotopic (exact) mass is 347 g/mol. The highest BCUT2D eigenvalue weighted by atomic mass is 35.5. The van der Waals surface area contributed by atoms with E-state index >= 15 is 0 Å². The molecule has 23 heavy (non-hydrogen) atoms. The summed E-state index contributed by atoms with van der Waals surface area (Å²) in [5.41, 5.74) is -5.28. The van der Waals surface area contributed by atoms with Crippen molar-refractivity contribution in [2.45, 2.75) is 6.43 Å². The van der Waals surface area contributed by atoms with Crippen molar-refractivity contribution in [2.24, 2.45) is 7.05 Å². The van der Waals surface area contributed by atoms with Gasteiger partial charge in [0.1, 0.15) is 28.4 Å². The Morgan fingerprint density at radius 2 is 1.83 bits per heavy atom. The Labute approximate surface area is 130 Å². The van der Waals surface area contributed by atoms with E-state index in [4.69, 9.17) is 16.9 Å². The van der Waals surface area contributed by atoms with Gasteiger partial charge in [0.25, 0.3) is 12.0 Å². The predicted octanol–water partition coefficient (Wildman–Crippen LogP) is 2.28. The van der Waals surface area contributed by atoms with E-state index in [2.05, 4.69) is 0 Å². The Balaban J connectivity index is 2.93. The molecule has 5 nitrogen and oxygen atoms in total. The highest BCUT2D eigenvalue weighted by Crippen LogP contribution is 2.23. The molecule has 2 aromatic rings. The molecule has 120 valence electrons. The van der Waals surface area contributed by atoms with Crippen molar-refractivity contribution in [1.29, 1.82) is 5.26 Å². The number of halogens is 5. The molecule has 0 fully saturated rings. The molecule has 0 unspecified atom stereocenters. The zero-order chi connectivity index (χ0) is 17.5. The van der Waals surface area contributed by atoms with E-state index in [-0.39, 0.29) is 4.57 Å². The van der Waals surface area contributed by atoms with Crippen molar-refractivity contribution < 1.29 is 17.6 Å². The second kappa shape index (κ2) is 5.89. The summed E-state index contributed by atoms with van der Waals surface area (Å²) in [6, 6.07) is 2.30. The van der Waals surface area contributed by atoms with Crippen LogP contribution in [0.15, 0.2) is 21.7 Å². The van der Waals surface area contributed by atoms with Gasteiger partial charge in [-0.05, 0) is 6.07 Å². The fraction of sp³-hybridized carbons (Fsp3) is 0.154. The van der Waals surface area contributed by atoms with Gasteiger partial charge >= 0.3 is 5.69 Å². The summed E-state index contributed by atoms with van der Waals surface area (Å²) in [5.74, 6) is -2.45. The minimum Gasteiger partial charge on any atom is -0.293 e. The lowest BCUT2D eigenvalue weighted by Crippen LogP contribution is -2.40. The fourth-order valence-electron chi connectivity index (χ4n) is 1.94. The van der Waals surface area contributed by atoms with Gasteiger partial charge in [0.05, 0.1) is 11.3 Å². The minimum absolute atomic E-state index is 0.119. The van der Waals surface area contributed by atoms with E-state index < -0.39 is 51.3 Å². The molecule has 0 aliphatic rings. The molecular formula is C13H6ClF4N3O2. The predicted molar refractivity (Wildman–Crippen MR) is 71.9 cm³/mol.